The molecule has 19 heavy (non-hydrogen) atoms. The number of nitro groups is 1. The Kier molecular flexibility index (Phi) is 4.51. The maximum absolute atomic E-state index is 10.7. The van der Waals surface area contributed by atoms with Gasteiger partial charge in [0, 0.05) is 17.0 Å². The van der Waals surface area contributed by atoms with Crippen LogP contribution >= 0.6 is 11.3 Å². The first kappa shape index (κ1) is 14.0. The molecule has 1 fully saturated rings. The average molecular weight is 279 g/mol. The second-order valence-corrected chi connectivity index (χ2v) is 6.12. The van der Waals surface area contributed by atoms with Gasteiger partial charge in [0.2, 0.25) is 0 Å². The van der Waals surface area contributed by atoms with E-state index in [1.54, 1.807) is 6.07 Å². The molecular formula is C13H17N3O2S. The lowest BCUT2D eigenvalue weighted by molar-refractivity contribution is -0.380. The van der Waals surface area contributed by atoms with Gasteiger partial charge in [0.05, 0.1) is 11.0 Å². The Bertz CT molecular complexity index is 494. The zero-order chi connectivity index (χ0) is 13.8. The largest absolute Gasteiger partial charge is 0.324 e. The van der Waals surface area contributed by atoms with Crippen LogP contribution in [0, 0.1) is 27.4 Å². The Morgan fingerprint density at radius 2 is 2.26 bits per heavy atom. The van der Waals surface area contributed by atoms with Gasteiger partial charge in [0.15, 0.2) is 0 Å². The molecule has 0 amide bonds. The van der Waals surface area contributed by atoms with Gasteiger partial charge >= 0.3 is 5.00 Å². The van der Waals surface area contributed by atoms with Gasteiger partial charge in [0.1, 0.15) is 6.04 Å². The monoisotopic (exact) mass is 279 g/mol. The van der Waals surface area contributed by atoms with Crippen LogP contribution in [0.5, 0.6) is 0 Å². The van der Waals surface area contributed by atoms with Crippen molar-refractivity contribution >= 4 is 16.3 Å². The van der Waals surface area contributed by atoms with Gasteiger partial charge in [-0.1, -0.05) is 31.1 Å². The fraction of sp³-hybridized carbons (Fsp3) is 0.615. The molecule has 3 unspecified atom stereocenters. The summed E-state index contributed by atoms with van der Waals surface area (Å²) >= 11 is 1.08. The van der Waals surface area contributed by atoms with Crippen LogP contribution < -0.4 is 5.32 Å². The van der Waals surface area contributed by atoms with E-state index in [-0.39, 0.29) is 5.00 Å². The van der Waals surface area contributed by atoms with Crippen LogP contribution in [-0.4, -0.2) is 11.0 Å². The highest BCUT2D eigenvalue weighted by molar-refractivity contribution is 7.15. The van der Waals surface area contributed by atoms with E-state index in [9.17, 15) is 15.4 Å². The molecule has 0 bridgehead atoms. The van der Waals surface area contributed by atoms with Crippen molar-refractivity contribution in [1.29, 1.82) is 5.26 Å². The van der Waals surface area contributed by atoms with E-state index in [0.29, 0.717) is 12.0 Å². The van der Waals surface area contributed by atoms with Crippen molar-refractivity contribution in [2.45, 2.75) is 44.7 Å². The van der Waals surface area contributed by atoms with Crippen molar-refractivity contribution in [3.63, 3.8) is 0 Å². The molecule has 1 aromatic heterocycles. The highest BCUT2D eigenvalue weighted by Crippen LogP contribution is 2.31. The molecule has 3 atom stereocenters. The van der Waals surface area contributed by atoms with Crippen molar-refractivity contribution in [3.05, 3.63) is 27.1 Å². The molecule has 5 nitrogen and oxygen atoms in total. The van der Waals surface area contributed by atoms with Crippen molar-refractivity contribution < 1.29 is 4.92 Å². The van der Waals surface area contributed by atoms with Gasteiger partial charge in [-0.05, 0) is 24.8 Å². The molecule has 2 rings (SSSR count). The summed E-state index contributed by atoms with van der Waals surface area (Å²) in [5.74, 6) is 0.555. The molecule has 0 radical (unpaired) electrons. The van der Waals surface area contributed by atoms with Gasteiger partial charge in [-0.15, -0.1) is 0 Å². The fourth-order valence-electron chi connectivity index (χ4n) is 2.56. The van der Waals surface area contributed by atoms with Gasteiger partial charge < -0.3 is 0 Å². The third kappa shape index (κ3) is 3.31. The lowest BCUT2D eigenvalue weighted by Gasteiger charge is -2.31. The quantitative estimate of drug-likeness (QED) is 0.676. The van der Waals surface area contributed by atoms with Gasteiger partial charge in [-0.25, -0.2) is 0 Å². The van der Waals surface area contributed by atoms with Crippen LogP contribution in [-0.2, 0) is 0 Å². The number of hydrogen-bond acceptors (Lipinski definition) is 5. The van der Waals surface area contributed by atoms with Crippen LogP contribution in [0.4, 0.5) is 5.00 Å². The molecule has 0 aromatic carbocycles. The third-order valence-corrected chi connectivity index (χ3v) is 4.80. The molecule has 1 N–H and O–H groups in total. The number of thiophene rings is 1. The van der Waals surface area contributed by atoms with Gasteiger partial charge in [0.25, 0.3) is 0 Å². The standard InChI is InChI=1S/C13H17N3O2S/c1-9-4-2-3-5-10(9)15-11(8-14)12-6-7-13(19-12)16(17)18/h6-7,9-11,15H,2-5H2,1H3. The minimum Gasteiger partial charge on any atom is -0.294 e. The fourth-order valence-corrected chi connectivity index (χ4v) is 3.38. The van der Waals surface area contributed by atoms with E-state index < -0.39 is 11.0 Å². The first-order valence-electron chi connectivity index (χ1n) is 6.51. The number of nitrogens with zero attached hydrogens (tertiary/aromatic N) is 2. The van der Waals surface area contributed by atoms with Crippen LogP contribution in [0.3, 0.4) is 0 Å². The van der Waals surface area contributed by atoms with Crippen molar-refractivity contribution in [2.75, 3.05) is 0 Å². The van der Waals surface area contributed by atoms with Crippen LogP contribution in [0.15, 0.2) is 12.1 Å². The Morgan fingerprint density at radius 3 is 2.84 bits per heavy atom. The summed E-state index contributed by atoms with van der Waals surface area (Å²) in [4.78, 5) is 11.0. The summed E-state index contributed by atoms with van der Waals surface area (Å²) in [5.41, 5.74) is 0. The maximum Gasteiger partial charge on any atom is 0.324 e. The summed E-state index contributed by atoms with van der Waals surface area (Å²) in [7, 11) is 0. The predicted octanol–water partition coefficient (Wildman–Crippen LogP) is 3.39. The van der Waals surface area contributed by atoms with E-state index >= 15 is 0 Å². The normalized spacial score (nSPS) is 24.6. The third-order valence-electron chi connectivity index (χ3n) is 3.70. The van der Waals surface area contributed by atoms with Gasteiger partial charge in [-0.2, -0.15) is 5.26 Å². The molecule has 1 heterocycles. The molecule has 0 saturated heterocycles. The summed E-state index contributed by atoms with van der Waals surface area (Å²) in [6.45, 7) is 2.20. The number of hydrogen-bond donors (Lipinski definition) is 1. The maximum atomic E-state index is 10.7. The van der Waals surface area contributed by atoms with Gasteiger partial charge in [-0.3, -0.25) is 15.4 Å². The highest BCUT2D eigenvalue weighted by Gasteiger charge is 2.26. The summed E-state index contributed by atoms with van der Waals surface area (Å²) in [6, 6.07) is 5.25. The molecule has 1 aliphatic carbocycles. The molecule has 0 spiro atoms. The second kappa shape index (κ2) is 6.13. The Morgan fingerprint density at radius 1 is 1.53 bits per heavy atom. The molecule has 1 saturated carbocycles. The molecular weight excluding hydrogens is 262 g/mol. The molecule has 102 valence electrons. The Labute approximate surface area is 116 Å². The SMILES string of the molecule is CC1CCCCC1NC(C#N)c1ccc([N+](=O)[O-])s1. The topological polar surface area (TPSA) is 79.0 Å². The first-order chi connectivity index (χ1) is 9.11. The van der Waals surface area contributed by atoms with E-state index in [1.807, 2.05) is 0 Å². The summed E-state index contributed by atoms with van der Waals surface area (Å²) in [6.07, 6.45) is 4.69. The molecule has 1 aliphatic rings. The smallest absolute Gasteiger partial charge is 0.294 e. The van der Waals surface area contributed by atoms with E-state index in [2.05, 4.69) is 18.3 Å². The Balaban J connectivity index is 2.07. The Hall–Kier alpha value is -1.45. The highest BCUT2D eigenvalue weighted by atomic mass is 32.1. The lowest BCUT2D eigenvalue weighted by Crippen LogP contribution is -2.38. The van der Waals surface area contributed by atoms with Crippen molar-refractivity contribution in [1.82, 2.24) is 5.32 Å². The second-order valence-electron chi connectivity index (χ2n) is 5.03. The zero-order valence-electron chi connectivity index (χ0n) is 10.8. The van der Waals surface area contributed by atoms with Crippen molar-refractivity contribution in [2.24, 2.45) is 5.92 Å². The number of rotatable bonds is 4. The predicted molar refractivity (Wildman–Crippen MR) is 73.9 cm³/mol. The summed E-state index contributed by atoms with van der Waals surface area (Å²) in [5, 5.41) is 23.4. The van der Waals surface area contributed by atoms with E-state index in [4.69, 9.17) is 0 Å². The average Bonchev–Trinajstić information content (AvgIpc) is 2.87. The van der Waals surface area contributed by atoms with Crippen molar-refractivity contribution in [3.8, 4) is 6.07 Å². The minimum atomic E-state index is -0.441. The zero-order valence-corrected chi connectivity index (χ0v) is 11.7. The molecule has 0 aliphatic heterocycles. The van der Waals surface area contributed by atoms with E-state index in [0.717, 1.165) is 22.6 Å². The molecule has 6 heteroatoms. The molecule has 1 aromatic rings. The van der Waals surface area contributed by atoms with E-state index in [1.165, 1.54) is 25.3 Å². The first-order valence-corrected chi connectivity index (χ1v) is 7.33. The lowest BCUT2D eigenvalue weighted by atomic mass is 9.85. The number of nitrogens with one attached hydrogen (secondary N) is 1. The summed E-state index contributed by atoms with van der Waals surface area (Å²) < 4.78 is 0. The van der Waals surface area contributed by atoms with Crippen LogP contribution in [0.2, 0.25) is 0 Å². The van der Waals surface area contributed by atoms with Crippen LogP contribution in [0.1, 0.15) is 43.5 Å². The number of nitriles is 1. The minimum absolute atomic E-state index is 0.0914. The van der Waals surface area contributed by atoms with Crippen LogP contribution in [0.25, 0.3) is 0 Å².